The monoisotopic (exact) mass is 406 g/mol. The van der Waals surface area contributed by atoms with E-state index in [1.54, 1.807) is 11.0 Å². The zero-order chi connectivity index (χ0) is 21.6. The molecule has 2 heterocycles. The normalized spacial score (nSPS) is 19.0. The fraction of sp³-hybridized carbons (Fsp3) is 0.600. The molecule has 1 amide bonds. The van der Waals surface area contributed by atoms with E-state index in [9.17, 15) is 19.7 Å². The summed E-state index contributed by atoms with van der Waals surface area (Å²) in [7, 11) is 0. The molecular weight excluding hydrogens is 376 g/mol. The maximum Gasteiger partial charge on any atom is 0.293 e. The zero-order valence-corrected chi connectivity index (χ0v) is 17.5. The van der Waals surface area contributed by atoms with E-state index < -0.39 is 4.92 Å². The number of ether oxygens (including phenoxy) is 1. The van der Waals surface area contributed by atoms with Crippen molar-refractivity contribution in [2.75, 3.05) is 37.6 Å². The standard InChI is InChI=1S/C15H20N4O3.C5H10O2/c1-11-9-17(7-5-16-11)10-15(20)18-6-4-12-2-3-13(19(21)22)8-14(12)18;1-5(2,3)7-4-6/h2-3,8,11,16H,4-7,9-10H2,1H3;4H,1-3H3/t11-;/m1./s1. The molecule has 9 heteroatoms. The lowest BCUT2D eigenvalue weighted by atomic mass is 10.1. The van der Waals surface area contributed by atoms with Gasteiger partial charge in [0.1, 0.15) is 5.60 Å². The topological polar surface area (TPSA) is 105 Å². The second-order valence-electron chi connectivity index (χ2n) is 8.28. The van der Waals surface area contributed by atoms with Crippen LogP contribution in [0.1, 0.15) is 33.3 Å². The molecule has 29 heavy (non-hydrogen) atoms. The van der Waals surface area contributed by atoms with E-state index in [1.165, 1.54) is 12.1 Å². The minimum Gasteiger partial charge on any atom is -0.462 e. The number of nitrogens with one attached hydrogen (secondary N) is 1. The van der Waals surface area contributed by atoms with E-state index in [0.717, 1.165) is 31.6 Å². The molecule has 2 aliphatic heterocycles. The van der Waals surface area contributed by atoms with Gasteiger partial charge in [-0.25, -0.2) is 0 Å². The number of hydrogen-bond donors (Lipinski definition) is 1. The van der Waals surface area contributed by atoms with Crippen molar-refractivity contribution in [3.8, 4) is 0 Å². The van der Waals surface area contributed by atoms with E-state index in [2.05, 4.69) is 21.9 Å². The maximum absolute atomic E-state index is 12.6. The van der Waals surface area contributed by atoms with Crippen LogP contribution in [0, 0.1) is 10.1 Å². The van der Waals surface area contributed by atoms with Crippen molar-refractivity contribution in [1.82, 2.24) is 10.2 Å². The number of benzene rings is 1. The molecule has 0 bridgehead atoms. The van der Waals surface area contributed by atoms with E-state index in [1.807, 2.05) is 20.8 Å². The third-order valence-corrected chi connectivity index (χ3v) is 4.69. The highest BCUT2D eigenvalue weighted by molar-refractivity contribution is 5.97. The largest absolute Gasteiger partial charge is 0.462 e. The first-order valence-electron chi connectivity index (χ1n) is 9.75. The van der Waals surface area contributed by atoms with Crippen LogP contribution in [0.4, 0.5) is 11.4 Å². The number of rotatable bonds is 4. The molecule has 0 aromatic heterocycles. The van der Waals surface area contributed by atoms with Crippen molar-refractivity contribution in [3.63, 3.8) is 0 Å². The summed E-state index contributed by atoms with van der Waals surface area (Å²) < 4.78 is 4.55. The molecule has 9 nitrogen and oxygen atoms in total. The second kappa shape index (κ2) is 9.80. The van der Waals surface area contributed by atoms with Gasteiger partial charge in [-0.05, 0) is 39.7 Å². The van der Waals surface area contributed by atoms with Crippen molar-refractivity contribution in [2.24, 2.45) is 0 Å². The number of carbonyl (C=O) groups excluding carboxylic acids is 2. The predicted octanol–water partition coefficient (Wildman–Crippen LogP) is 1.74. The molecule has 1 aromatic carbocycles. The number of nitro groups is 1. The highest BCUT2D eigenvalue weighted by atomic mass is 16.6. The van der Waals surface area contributed by atoms with Crippen LogP contribution in [-0.2, 0) is 20.7 Å². The van der Waals surface area contributed by atoms with Crippen LogP contribution in [0.5, 0.6) is 0 Å². The molecule has 0 aliphatic carbocycles. The smallest absolute Gasteiger partial charge is 0.293 e. The summed E-state index contributed by atoms with van der Waals surface area (Å²) in [5, 5.41) is 14.3. The summed E-state index contributed by atoms with van der Waals surface area (Å²) in [6.45, 7) is 11.6. The average Bonchev–Trinajstić information content (AvgIpc) is 3.04. The Morgan fingerprint density at radius 3 is 2.66 bits per heavy atom. The summed E-state index contributed by atoms with van der Waals surface area (Å²) in [5.74, 6) is 0.0216. The molecule has 1 fully saturated rings. The van der Waals surface area contributed by atoms with Gasteiger partial charge in [0.15, 0.2) is 0 Å². The predicted molar refractivity (Wildman–Crippen MR) is 110 cm³/mol. The molecule has 1 aromatic rings. The van der Waals surface area contributed by atoms with Crippen molar-refractivity contribution in [2.45, 2.75) is 45.8 Å². The van der Waals surface area contributed by atoms with Crippen LogP contribution in [-0.4, -0.2) is 66.6 Å². The Labute approximate surface area is 171 Å². The van der Waals surface area contributed by atoms with Crippen LogP contribution in [0.3, 0.4) is 0 Å². The third-order valence-electron chi connectivity index (χ3n) is 4.69. The summed E-state index contributed by atoms with van der Waals surface area (Å²) in [5.41, 5.74) is 1.42. The number of piperazine rings is 1. The number of carbonyl (C=O) groups is 2. The molecule has 1 saturated heterocycles. The summed E-state index contributed by atoms with van der Waals surface area (Å²) in [6, 6.07) is 5.16. The fourth-order valence-electron chi connectivity index (χ4n) is 3.32. The Bertz CT molecular complexity index is 747. The molecule has 0 radical (unpaired) electrons. The molecule has 1 atom stereocenters. The summed E-state index contributed by atoms with van der Waals surface area (Å²) in [6.07, 6.45) is 0.761. The average molecular weight is 406 g/mol. The minimum absolute atomic E-state index is 0.0216. The van der Waals surface area contributed by atoms with Gasteiger partial charge in [-0.1, -0.05) is 6.07 Å². The highest BCUT2D eigenvalue weighted by Crippen LogP contribution is 2.31. The molecule has 2 aliphatic rings. The van der Waals surface area contributed by atoms with Gasteiger partial charge in [0, 0.05) is 44.4 Å². The SMILES string of the molecule is CC(C)(C)OC=O.C[C@@H]1CN(CC(=O)N2CCc3ccc([N+](=O)[O-])cc32)CCN1. The first-order valence-corrected chi connectivity index (χ1v) is 9.75. The van der Waals surface area contributed by atoms with E-state index in [-0.39, 0.29) is 17.2 Å². The Kier molecular flexibility index (Phi) is 7.69. The van der Waals surface area contributed by atoms with Crippen LogP contribution < -0.4 is 10.2 Å². The lowest BCUT2D eigenvalue weighted by Crippen LogP contribution is -2.52. The van der Waals surface area contributed by atoms with Crippen LogP contribution in [0.2, 0.25) is 0 Å². The molecule has 1 N–H and O–H groups in total. The highest BCUT2D eigenvalue weighted by Gasteiger charge is 2.28. The number of fused-ring (bicyclic) bond motifs is 1. The first-order chi connectivity index (χ1) is 13.6. The van der Waals surface area contributed by atoms with Crippen molar-refractivity contribution in [3.05, 3.63) is 33.9 Å². The van der Waals surface area contributed by atoms with Gasteiger partial charge < -0.3 is 15.0 Å². The van der Waals surface area contributed by atoms with Crippen LogP contribution in [0.15, 0.2) is 18.2 Å². The number of nitro benzene ring substituents is 1. The quantitative estimate of drug-likeness (QED) is 0.461. The fourth-order valence-corrected chi connectivity index (χ4v) is 3.32. The molecule has 0 saturated carbocycles. The van der Waals surface area contributed by atoms with Crippen LogP contribution >= 0.6 is 0 Å². The zero-order valence-electron chi connectivity index (χ0n) is 17.5. The lowest BCUT2D eigenvalue weighted by molar-refractivity contribution is -0.384. The van der Waals surface area contributed by atoms with Gasteiger partial charge in [0.05, 0.1) is 17.2 Å². The van der Waals surface area contributed by atoms with Gasteiger partial charge in [0.25, 0.3) is 12.2 Å². The van der Waals surface area contributed by atoms with Gasteiger partial charge >= 0.3 is 0 Å². The maximum atomic E-state index is 12.6. The van der Waals surface area contributed by atoms with Gasteiger partial charge in [0.2, 0.25) is 5.91 Å². The number of amides is 1. The Morgan fingerprint density at radius 1 is 1.38 bits per heavy atom. The van der Waals surface area contributed by atoms with Crippen LogP contribution in [0.25, 0.3) is 0 Å². The molecule has 0 spiro atoms. The van der Waals surface area contributed by atoms with E-state index in [4.69, 9.17) is 0 Å². The summed E-state index contributed by atoms with van der Waals surface area (Å²) >= 11 is 0. The molecule has 0 unspecified atom stereocenters. The number of non-ortho nitro benzene ring substituents is 1. The van der Waals surface area contributed by atoms with Gasteiger partial charge in [-0.2, -0.15) is 0 Å². The molecule has 160 valence electrons. The minimum atomic E-state index is -0.417. The number of nitrogens with zero attached hydrogens (tertiary/aromatic N) is 3. The molecule has 3 rings (SSSR count). The van der Waals surface area contributed by atoms with Gasteiger partial charge in [-0.3, -0.25) is 24.6 Å². The van der Waals surface area contributed by atoms with Gasteiger partial charge in [-0.15, -0.1) is 0 Å². The molecular formula is C20H30N4O5. The Balaban J connectivity index is 0.000000370. The van der Waals surface area contributed by atoms with E-state index >= 15 is 0 Å². The number of hydrogen-bond acceptors (Lipinski definition) is 7. The van der Waals surface area contributed by atoms with Crippen molar-refractivity contribution < 1.29 is 19.2 Å². The first kappa shape index (κ1) is 22.8. The van der Waals surface area contributed by atoms with E-state index in [0.29, 0.717) is 31.3 Å². The van der Waals surface area contributed by atoms with Crippen molar-refractivity contribution in [1.29, 1.82) is 0 Å². The Morgan fingerprint density at radius 2 is 2.10 bits per heavy atom. The summed E-state index contributed by atoms with van der Waals surface area (Å²) in [4.78, 5) is 36.5. The van der Waals surface area contributed by atoms with Crippen molar-refractivity contribution >= 4 is 23.8 Å². The second-order valence-corrected chi connectivity index (χ2v) is 8.28. The third kappa shape index (κ3) is 6.79. The number of anilines is 1. The lowest BCUT2D eigenvalue weighted by Gasteiger charge is -2.32. The Hall–Kier alpha value is -2.52.